The molecular weight excluding hydrogens is 240 g/mol. The van der Waals surface area contributed by atoms with E-state index >= 15 is 0 Å². The number of halogens is 2. The van der Waals surface area contributed by atoms with E-state index in [9.17, 15) is 22.0 Å². The molecule has 7 heteroatoms. The first-order valence-corrected chi connectivity index (χ1v) is 6.11. The average Bonchev–Trinajstić information content (AvgIpc) is 2.17. The number of carbonyl (C=O) groups is 1. The number of sulfonamides is 1. The van der Waals surface area contributed by atoms with E-state index < -0.39 is 39.5 Å². The minimum Gasteiger partial charge on any atom is -0.293 e. The van der Waals surface area contributed by atoms with Crippen LogP contribution in [0.2, 0.25) is 0 Å². The molecule has 0 fully saturated rings. The fourth-order valence-corrected chi connectivity index (χ4v) is 1.40. The number of nitrogens with one attached hydrogen (secondary N) is 1. The summed E-state index contributed by atoms with van der Waals surface area (Å²) in [5.74, 6) is -2.48. The molecule has 1 aromatic rings. The van der Waals surface area contributed by atoms with Crippen molar-refractivity contribution in [1.82, 2.24) is 4.72 Å². The molecule has 88 valence electrons. The number of benzene rings is 1. The normalized spacial score (nSPS) is 11.4. The lowest BCUT2D eigenvalue weighted by Crippen LogP contribution is -2.29. The number of hydrogen-bond donors (Lipinski definition) is 1. The van der Waals surface area contributed by atoms with Crippen LogP contribution < -0.4 is 4.72 Å². The maximum absolute atomic E-state index is 13.1. The van der Waals surface area contributed by atoms with Crippen molar-refractivity contribution in [2.24, 2.45) is 0 Å². The number of Topliss-reactive ketones (excluding diaryl/α,β-unsaturated/α-hetero) is 1. The zero-order valence-corrected chi connectivity index (χ0v) is 9.14. The SMILES string of the molecule is CS(=O)(=O)NCC(=O)c1cc(F)ccc1F. The van der Waals surface area contributed by atoms with Gasteiger partial charge in [-0.25, -0.2) is 21.9 Å². The lowest BCUT2D eigenvalue weighted by Gasteiger charge is -2.03. The van der Waals surface area contributed by atoms with Gasteiger partial charge in [0.1, 0.15) is 11.6 Å². The molecule has 0 bridgehead atoms. The lowest BCUT2D eigenvalue weighted by atomic mass is 10.1. The minimum absolute atomic E-state index is 0.476. The average molecular weight is 249 g/mol. The summed E-state index contributed by atoms with van der Waals surface area (Å²) in [5.41, 5.74) is -0.476. The molecule has 16 heavy (non-hydrogen) atoms. The standard InChI is InChI=1S/C9H9F2NO3S/c1-16(14,15)12-5-9(13)7-4-6(10)2-3-8(7)11/h2-4,12H,5H2,1H3. The van der Waals surface area contributed by atoms with Crippen molar-refractivity contribution in [2.75, 3.05) is 12.8 Å². The van der Waals surface area contributed by atoms with Gasteiger partial charge in [0.05, 0.1) is 18.4 Å². The largest absolute Gasteiger partial charge is 0.293 e. The third-order valence-corrected chi connectivity index (χ3v) is 2.39. The van der Waals surface area contributed by atoms with Crippen molar-refractivity contribution >= 4 is 15.8 Å². The monoisotopic (exact) mass is 249 g/mol. The lowest BCUT2D eigenvalue weighted by molar-refractivity contribution is 0.0992. The number of hydrogen-bond acceptors (Lipinski definition) is 3. The second-order valence-electron chi connectivity index (χ2n) is 3.14. The molecule has 4 nitrogen and oxygen atoms in total. The zero-order valence-electron chi connectivity index (χ0n) is 8.33. The molecule has 0 heterocycles. The summed E-state index contributed by atoms with van der Waals surface area (Å²) in [4.78, 5) is 11.3. The molecule has 1 aromatic carbocycles. The zero-order chi connectivity index (χ0) is 12.3. The van der Waals surface area contributed by atoms with Gasteiger partial charge in [0.25, 0.3) is 0 Å². The van der Waals surface area contributed by atoms with E-state index in [0.29, 0.717) is 0 Å². The molecule has 0 aliphatic heterocycles. The molecule has 0 saturated carbocycles. The van der Waals surface area contributed by atoms with Crippen molar-refractivity contribution in [3.8, 4) is 0 Å². The number of carbonyl (C=O) groups excluding carboxylic acids is 1. The fourth-order valence-electron chi connectivity index (χ4n) is 1.00. The molecule has 0 atom stereocenters. The highest BCUT2D eigenvalue weighted by Gasteiger charge is 2.14. The molecule has 0 radical (unpaired) electrons. The second kappa shape index (κ2) is 4.67. The van der Waals surface area contributed by atoms with Gasteiger partial charge in [-0.1, -0.05) is 0 Å². The van der Waals surface area contributed by atoms with Crippen LogP contribution in [0, 0.1) is 11.6 Å². The summed E-state index contributed by atoms with van der Waals surface area (Å²) in [6.45, 7) is -0.598. The third-order valence-electron chi connectivity index (χ3n) is 1.72. The van der Waals surface area contributed by atoms with Gasteiger partial charge in [-0.05, 0) is 18.2 Å². The molecule has 0 amide bonds. The van der Waals surface area contributed by atoms with Crippen LogP contribution in [0.4, 0.5) is 8.78 Å². The highest BCUT2D eigenvalue weighted by molar-refractivity contribution is 7.88. The highest BCUT2D eigenvalue weighted by atomic mass is 32.2. The van der Waals surface area contributed by atoms with Crippen molar-refractivity contribution < 1.29 is 22.0 Å². The number of ketones is 1. The molecule has 1 N–H and O–H groups in total. The molecule has 0 saturated heterocycles. The van der Waals surface area contributed by atoms with E-state index in [4.69, 9.17) is 0 Å². The van der Waals surface area contributed by atoms with E-state index in [0.717, 1.165) is 24.5 Å². The van der Waals surface area contributed by atoms with Gasteiger partial charge in [-0.15, -0.1) is 0 Å². The van der Waals surface area contributed by atoms with Gasteiger partial charge < -0.3 is 0 Å². The van der Waals surface area contributed by atoms with Crippen molar-refractivity contribution in [1.29, 1.82) is 0 Å². The van der Waals surface area contributed by atoms with Crippen molar-refractivity contribution in [2.45, 2.75) is 0 Å². The van der Waals surface area contributed by atoms with Gasteiger partial charge in [0.15, 0.2) is 5.78 Å². The molecule has 0 aliphatic carbocycles. The Hall–Kier alpha value is -1.34. The smallest absolute Gasteiger partial charge is 0.209 e. The molecule has 0 spiro atoms. The van der Waals surface area contributed by atoms with Gasteiger partial charge in [0, 0.05) is 0 Å². The van der Waals surface area contributed by atoms with Gasteiger partial charge in [-0.2, -0.15) is 0 Å². The topological polar surface area (TPSA) is 63.2 Å². The summed E-state index contributed by atoms with van der Waals surface area (Å²) >= 11 is 0. The Morgan fingerprint density at radius 1 is 1.38 bits per heavy atom. The maximum atomic E-state index is 13.1. The van der Waals surface area contributed by atoms with E-state index in [1.807, 2.05) is 4.72 Å². The predicted molar refractivity (Wildman–Crippen MR) is 53.5 cm³/mol. The Kier molecular flexibility index (Phi) is 3.71. The van der Waals surface area contributed by atoms with E-state index in [2.05, 4.69) is 0 Å². The Labute approximate surface area is 91.3 Å². The minimum atomic E-state index is -3.54. The van der Waals surface area contributed by atoms with E-state index in [1.54, 1.807) is 0 Å². The Morgan fingerprint density at radius 3 is 2.56 bits per heavy atom. The van der Waals surface area contributed by atoms with Crippen LogP contribution in [0.25, 0.3) is 0 Å². The predicted octanol–water partition coefficient (Wildman–Crippen LogP) is 0.697. The van der Waals surface area contributed by atoms with Gasteiger partial charge in [0.2, 0.25) is 10.0 Å². The third kappa shape index (κ3) is 3.67. The number of rotatable bonds is 4. The van der Waals surface area contributed by atoms with Crippen LogP contribution in [0.5, 0.6) is 0 Å². The van der Waals surface area contributed by atoms with Crippen LogP contribution in [-0.4, -0.2) is 27.0 Å². The highest BCUT2D eigenvalue weighted by Crippen LogP contribution is 2.10. The molecule has 0 aliphatic rings. The first-order chi connectivity index (χ1) is 7.29. The molecule has 0 unspecified atom stereocenters. The van der Waals surface area contributed by atoms with Crippen LogP contribution in [0.1, 0.15) is 10.4 Å². The molecule has 1 rings (SSSR count). The van der Waals surface area contributed by atoms with Gasteiger partial charge in [-0.3, -0.25) is 4.79 Å². The molecular formula is C9H9F2NO3S. The van der Waals surface area contributed by atoms with Gasteiger partial charge >= 0.3 is 0 Å². The van der Waals surface area contributed by atoms with E-state index in [-0.39, 0.29) is 0 Å². The first-order valence-electron chi connectivity index (χ1n) is 4.22. The maximum Gasteiger partial charge on any atom is 0.209 e. The summed E-state index contributed by atoms with van der Waals surface area (Å²) in [7, 11) is -3.54. The quantitative estimate of drug-likeness (QED) is 0.799. The summed E-state index contributed by atoms with van der Waals surface area (Å²) in [5, 5.41) is 0. The summed E-state index contributed by atoms with van der Waals surface area (Å²) in [6.07, 6.45) is 0.863. The second-order valence-corrected chi connectivity index (χ2v) is 4.97. The van der Waals surface area contributed by atoms with Crippen LogP contribution in [-0.2, 0) is 10.0 Å². The van der Waals surface area contributed by atoms with Crippen molar-refractivity contribution in [3.05, 3.63) is 35.4 Å². The van der Waals surface area contributed by atoms with Crippen LogP contribution in [0.15, 0.2) is 18.2 Å². The Bertz CT molecular complexity index is 513. The molecule has 0 aromatic heterocycles. The Balaban J connectivity index is 2.85. The van der Waals surface area contributed by atoms with Crippen LogP contribution >= 0.6 is 0 Å². The van der Waals surface area contributed by atoms with E-state index in [1.165, 1.54) is 0 Å². The van der Waals surface area contributed by atoms with Crippen molar-refractivity contribution in [3.63, 3.8) is 0 Å². The Morgan fingerprint density at radius 2 is 2.00 bits per heavy atom. The summed E-state index contributed by atoms with van der Waals surface area (Å²) < 4.78 is 49.1. The summed E-state index contributed by atoms with van der Waals surface area (Å²) in [6, 6.07) is 2.40. The van der Waals surface area contributed by atoms with Crippen LogP contribution in [0.3, 0.4) is 0 Å². The first kappa shape index (κ1) is 12.7. The fraction of sp³-hybridized carbons (Fsp3) is 0.222.